The van der Waals surface area contributed by atoms with Gasteiger partial charge < -0.3 is 20.5 Å². The monoisotopic (exact) mass is 362 g/mol. The molecule has 1 aromatic rings. The van der Waals surface area contributed by atoms with Crippen molar-refractivity contribution < 1.29 is 9.47 Å². The Morgan fingerprint density at radius 3 is 2.50 bits per heavy atom. The minimum atomic E-state index is 0.0517. The third-order valence-corrected chi connectivity index (χ3v) is 5.02. The van der Waals surface area contributed by atoms with Gasteiger partial charge in [-0.15, -0.1) is 0 Å². The molecule has 0 radical (unpaired) electrons. The second-order valence-corrected chi connectivity index (χ2v) is 7.43. The molecule has 146 valence electrons. The smallest absolute Gasteiger partial charge is 0.188 e. The number of nitrogens with two attached hydrogens (primary N) is 1. The van der Waals surface area contributed by atoms with Crippen LogP contribution in [-0.4, -0.2) is 56.8 Å². The Morgan fingerprint density at radius 2 is 1.85 bits per heavy atom. The van der Waals surface area contributed by atoms with E-state index in [9.17, 15) is 0 Å². The second-order valence-electron chi connectivity index (χ2n) is 7.43. The number of hydrogen-bond donors (Lipinski definition) is 2. The molecule has 1 aliphatic heterocycles. The third-order valence-electron chi connectivity index (χ3n) is 5.02. The molecule has 0 bridgehead atoms. The van der Waals surface area contributed by atoms with Crippen molar-refractivity contribution in [2.45, 2.75) is 45.1 Å². The van der Waals surface area contributed by atoms with Gasteiger partial charge in [0.15, 0.2) is 17.5 Å². The predicted octanol–water partition coefficient (Wildman–Crippen LogP) is 2.42. The summed E-state index contributed by atoms with van der Waals surface area (Å²) in [5.41, 5.74) is 7.27. The van der Waals surface area contributed by atoms with Gasteiger partial charge in [-0.05, 0) is 63.9 Å². The molecule has 6 nitrogen and oxygen atoms in total. The van der Waals surface area contributed by atoms with E-state index >= 15 is 0 Å². The van der Waals surface area contributed by atoms with Crippen molar-refractivity contribution in [3.05, 3.63) is 23.8 Å². The van der Waals surface area contributed by atoms with Crippen LogP contribution in [0.1, 0.15) is 38.7 Å². The fraction of sp³-hybridized carbons (Fsp3) is 0.650. The maximum absolute atomic E-state index is 6.05. The Bertz CT molecular complexity index is 595. The van der Waals surface area contributed by atoms with E-state index in [-0.39, 0.29) is 5.54 Å². The van der Waals surface area contributed by atoms with Gasteiger partial charge in [-0.3, -0.25) is 9.89 Å². The van der Waals surface area contributed by atoms with Gasteiger partial charge in [0.2, 0.25) is 0 Å². The molecule has 0 amide bonds. The van der Waals surface area contributed by atoms with Gasteiger partial charge in [-0.2, -0.15) is 0 Å². The Kier molecular flexibility index (Phi) is 7.57. The van der Waals surface area contributed by atoms with Crippen LogP contribution < -0.4 is 20.5 Å². The molecule has 1 saturated heterocycles. The van der Waals surface area contributed by atoms with Crippen molar-refractivity contribution in [2.75, 3.05) is 40.4 Å². The molecule has 0 aliphatic carbocycles. The lowest BCUT2D eigenvalue weighted by molar-refractivity contribution is 0.102. The fourth-order valence-electron chi connectivity index (χ4n) is 3.30. The molecule has 1 aromatic carbocycles. The zero-order valence-electron chi connectivity index (χ0n) is 16.7. The first-order chi connectivity index (χ1) is 12.5. The summed E-state index contributed by atoms with van der Waals surface area (Å²) in [6.07, 6.45) is 4.75. The number of nitrogens with one attached hydrogen (secondary N) is 1. The van der Waals surface area contributed by atoms with Crippen LogP contribution in [0.15, 0.2) is 23.2 Å². The minimum absolute atomic E-state index is 0.0517. The van der Waals surface area contributed by atoms with E-state index in [1.807, 2.05) is 18.2 Å². The van der Waals surface area contributed by atoms with Gasteiger partial charge in [-0.25, -0.2) is 0 Å². The van der Waals surface area contributed by atoms with Crippen molar-refractivity contribution in [1.82, 2.24) is 10.2 Å². The van der Waals surface area contributed by atoms with Crippen LogP contribution >= 0.6 is 0 Å². The number of guanidine groups is 1. The summed E-state index contributed by atoms with van der Waals surface area (Å²) >= 11 is 0. The molecular formula is C20H34N4O2. The standard InChI is InChI=1S/C20H34N4O2/c1-20(2,24-12-6-5-7-13-24)15-23-19(21)22-11-10-16-8-9-17(25-3)18(14-16)26-4/h8-9,14H,5-7,10-13,15H2,1-4H3,(H3,21,22,23). The topological polar surface area (TPSA) is 72.1 Å². The highest BCUT2D eigenvalue weighted by atomic mass is 16.5. The highest BCUT2D eigenvalue weighted by Crippen LogP contribution is 2.27. The van der Waals surface area contributed by atoms with Gasteiger partial charge in [0.1, 0.15) is 0 Å². The summed E-state index contributed by atoms with van der Waals surface area (Å²) in [5, 5.41) is 3.21. The first-order valence-electron chi connectivity index (χ1n) is 9.46. The lowest BCUT2D eigenvalue weighted by atomic mass is 9.99. The van der Waals surface area contributed by atoms with Gasteiger partial charge in [0, 0.05) is 12.1 Å². The normalized spacial score (nSPS) is 16.4. The number of rotatable bonds is 8. The summed E-state index contributed by atoms with van der Waals surface area (Å²) in [7, 11) is 3.29. The molecule has 0 unspecified atom stereocenters. The van der Waals surface area contributed by atoms with Gasteiger partial charge in [0.25, 0.3) is 0 Å². The number of methoxy groups -OCH3 is 2. The first kappa shape index (κ1) is 20.4. The summed E-state index contributed by atoms with van der Waals surface area (Å²) in [5.74, 6) is 2.00. The molecule has 26 heavy (non-hydrogen) atoms. The maximum atomic E-state index is 6.05. The molecule has 0 atom stereocenters. The van der Waals surface area contributed by atoms with E-state index in [0.29, 0.717) is 12.5 Å². The van der Waals surface area contributed by atoms with E-state index < -0.39 is 0 Å². The van der Waals surface area contributed by atoms with Crippen molar-refractivity contribution in [2.24, 2.45) is 10.7 Å². The molecule has 6 heteroatoms. The quantitative estimate of drug-likeness (QED) is 0.549. The van der Waals surface area contributed by atoms with Gasteiger partial charge in [0.05, 0.1) is 20.8 Å². The maximum Gasteiger partial charge on any atom is 0.188 e. The number of piperidine rings is 1. The van der Waals surface area contributed by atoms with E-state index in [1.165, 1.54) is 19.3 Å². The molecule has 2 rings (SSSR count). The average molecular weight is 363 g/mol. The Labute approximate surface area is 157 Å². The van der Waals surface area contributed by atoms with Gasteiger partial charge >= 0.3 is 0 Å². The highest BCUT2D eigenvalue weighted by Gasteiger charge is 2.27. The Hall–Kier alpha value is -1.95. The van der Waals surface area contributed by atoms with Crippen LogP contribution in [0.2, 0.25) is 0 Å². The van der Waals surface area contributed by atoms with Crippen molar-refractivity contribution in [3.8, 4) is 11.5 Å². The highest BCUT2D eigenvalue weighted by molar-refractivity contribution is 5.77. The fourth-order valence-corrected chi connectivity index (χ4v) is 3.30. The lowest BCUT2D eigenvalue weighted by Gasteiger charge is -2.40. The Balaban J connectivity index is 1.80. The largest absolute Gasteiger partial charge is 0.493 e. The van der Waals surface area contributed by atoms with E-state index in [1.54, 1.807) is 14.2 Å². The van der Waals surface area contributed by atoms with Crippen LogP contribution in [0.25, 0.3) is 0 Å². The van der Waals surface area contributed by atoms with Gasteiger partial charge in [-0.1, -0.05) is 12.5 Å². The number of ether oxygens (including phenoxy) is 2. The average Bonchev–Trinajstić information content (AvgIpc) is 2.67. The Morgan fingerprint density at radius 1 is 1.15 bits per heavy atom. The summed E-state index contributed by atoms with van der Waals surface area (Å²) in [4.78, 5) is 7.08. The second kappa shape index (κ2) is 9.67. The van der Waals surface area contributed by atoms with Crippen molar-refractivity contribution in [1.29, 1.82) is 0 Å². The summed E-state index contributed by atoms with van der Waals surface area (Å²) in [6, 6.07) is 5.95. The number of hydrogen-bond acceptors (Lipinski definition) is 4. The van der Waals surface area contributed by atoms with Crippen LogP contribution in [0.4, 0.5) is 0 Å². The summed E-state index contributed by atoms with van der Waals surface area (Å²) in [6.45, 7) is 8.26. The van der Waals surface area contributed by atoms with Crippen molar-refractivity contribution >= 4 is 5.96 Å². The van der Waals surface area contributed by atoms with Crippen molar-refractivity contribution in [3.63, 3.8) is 0 Å². The molecule has 3 N–H and O–H groups in total. The number of benzene rings is 1. The molecular weight excluding hydrogens is 328 g/mol. The molecule has 0 spiro atoms. The first-order valence-corrected chi connectivity index (χ1v) is 9.46. The summed E-state index contributed by atoms with van der Waals surface area (Å²) < 4.78 is 10.6. The van der Waals surface area contributed by atoms with Crippen LogP contribution in [-0.2, 0) is 6.42 Å². The molecule has 1 aliphatic rings. The number of nitrogens with zero attached hydrogens (tertiary/aromatic N) is 2. The van der Waals surface area contributed by atoms with Crippen LogP contribution in [0, 0.1) is 0 Å². The van der Waals surface area contributed by atoms with Crippen LogP contribution in [0.5, 0.6) is 11.5 Å². The number of aliphatic imine (C=N–C) groups is 1. The minimum Gasteiger partial charge on any atom is -0.493 e. The zero-order chi connectivity index (χ0) is 19.0. The molecule has 1 fully saturated rings. The third kappa shape index (κ3) is 5.80. The predicted molar refractivity (Wildman–Crippen MR) is 107 cm³/mol. The molecule has 0 aromatic heterocycles. The lowest BCUT2D eigenvalue weighted by Crippen LogP contribution is -2.49. The van der Waals surface area contributed by atoms with E-state index in [2.05, 4.69) is 29.1 Å². The molecule has 0 saturated carbocycles. The number of likely N-dealkylation sites (tertiary alicyclic amines) is 1. The van der Waals surface area contributed by atoms with Crippen LogP contribution in [0.3, 0.4) is 0 Å². The molecule has 1 heterocycles. The SMILES string of the molecule is COc1ccc(CCNC(N)=NCC(C)(C)N2CCCCC2)cc1OC. The van der Waals surface area contributed by atoms with E-state index in [0.717, 1.165) is 43.1 Å². The zero-order valence-corrected chi connectivity index (χ0v) is 16.7. The van der Waals surface area contributed by atoms with E-state index in [4.69, 9.17) is 15.2 Å².